The molecular formula is C79H134O17P2. The van der Waals surface area contributed by atoms with E-state index in [1.54, 1.807) is 12.2 Å². The first kappa shape index (κ1) is 93.5. The number of esters is 4. The summed E-state index contributed by atoms with van der Waals surface area (Å²) in [6.45, 7) is 4.48. The monoisotopic (exact) mass is 1420 g/mol. The molecule has 0 saturated carbocycles. The number of phosphoric ester groups is 2. The summed E-state index contributed by atoms with van der Waals surface area (Å²) in [6, 6.07) is 0. The van der Waals surface area contributed by atoms with Gasteiger partial charge in [-0.25, -0.2) is 9.13 Å². The van der Waals surface area contributed by atoms with Crippen molar-refractivity contribution in [2.45, 2.75) is 316 Å². The second-order valence-corrected chi connectivity index (χ2v) is 27.8. The maximum atomic E-state index is 13.1. The van der Waals surface area contributed by atoms with Gasteiger partial charge in [0.15, 0.2) is 12.2 Å². The Morgan fingerprint density at radius 3 is 0.929 bits per heavy atom. The van der Waals surface area contributed by atoms with Gasteiger partial charge in [-0.2, -0.15) is 0 Å². The Morgan fingerprint density at radius 2 is 0.571 bits per heavy atom. The van der Waals surface area contributed by atoms with Crippen LogP contribution in [-0.2, 0) is 65.4 Å². The molecule has 0 aliphatic heterocycles. The second-order valence-electron chi connectivity index (χ2n) is 24.8. The van der Waals surface area contributed by atoms with E-state index >= 15 is 0 Å². The molecule has 0 aromatic rings. The topological polar surface area (TPSA) is 237 Å². The van der Waals surface area contributed by atoms with Crippen molar-refractivity contribution >= 4 is 39.5 Å². The number of carbonyl (C=O) groups excluding carboxylic acids is 4. The molecule has 0 fully saturated rings. The molecule has 19 heteroatoms. The first-order valence-electron chi connectivity index (χ1n) is 37.8. The number of carbonyl (C=O) groups is 4. The predicted octanol–water partition coefficient (Wildman–Crippen LogP) is 21.6. The van der Waals surface area contributed by atoms with E-state index in [1.807, 2.05) is 12.2 Å². The average molecular weight is 1420 g/mol. The van der Waals surface area contributed by atoms with Crippen molar-refractivity contribution in [1.29, 1.82) is 0 Å². The molecule has 0 bridgehead atoms. The highest BCUT2D eigenvalue weighted by molar-refractivity contribution is 7.47. The highest BCUT2D eigenvalue weighted by Gasteiger charge is 2.30. The largest absolute Gasteiger partial charge is 0.472 e. The Balaban J connectivity index is 5.40. The van der Waals surface area contributed by atoms with Gasteiger partial charge in [-0.1, -0.05) is 278 Å². The summed E-state index contributed by atoms with van der Waals surface area (Å²) in [6.07, 6.45) is 76.6. The van der Waals surface area contributed by atoms with Crippen LogP contribution < -0.4 is 0 Å². The van der Waals surface area contributed by atoms with Crippen molar-refractivity contribution in [2.75, 3.05) is 39.6 Å². The normalized spacial score (nSPS) is 14.6. The number of allylic oxidation sites excluding steroid dienone is 19. The molecular weight excluding hydrogens is 1280 g/mol. The molecule has 0 aliphatic rings. The van der Waals surface area contributed by atoms with E-state index in [4.69, 9.17) is 37.0 Å². The van der Waals surface area contributed by atoms with Crippen LogP contribution in [0.15, 0.2) is 122 Å². The summed E-state index contributed by atoms with van der Waals surface area (Å²) < 4.78 is 68.2. The standard InChI is InChI=1S/C79H134O17P2/c1-5-9-13-17-21-25-29-32-34-35-36-37-39-41-45-48-52-56-60-64-77(82)90-70-75(96-79(84)66-62-58-54-50-46-42-38-33-30-26-22-18-14-10-6-2)72-94-98(87,88)92-68-73(80)67-91-97(85,86)93-71-74(95-78(83)65-61-57-53-49-43-28-24-20-16-12-8-4)69-89-76(81)63-59-55-51-47-44-40-31-27-23-19-15-11-7-3/h9-10,13-14,21-22,25-27,31-34,36-38,46,50,58,62,73-75,80H,5-8,11-12,15-20,23-24,28-30,35,39-45,47-49,51-57,59-61,63-72H2,1-4H3,(H,85,86)(H,87,88)/b13-9-,14-10-,25-21-,26-22-,31-27-,34-32-,37-36-,38-33-,50-46-,62-58-. The fourth-order valence-electron chi connectivity index (χ4n) is 9.75. The molecule has 0 aliphatic carbocycles. The van der Waals surface area contributed by atoms with Crippen molar-refractivity contribution in [3.8, 4) is 0 Å². The lowest BCUT2D eigenvalue weighted by Crippen LogP contribution is -2.30. The molecule has 5 unspecified atom stereocenters. The maximum absolute atomic E-state index is 13.1. The summed E-state index contributed by atoms with van der Waals surface area (Å²) in [5.41, 5.74) is 0. The Kier molecular flexibility index (Phi) is 67.6. The first-order chi connectivity index (χ1) is 47.7. The van der Waals surface area contributed by atoms with Gasteiger partial charge in [-0.15, -0.1) is 0 Å². The summed E-state index contributed by atoms with van der Waals surface area (Å²) in [5.74, 6) is -2.34. The van der Waals surface area contributed by atoms with Crippen LogP contribution in [-0.4, -0.2) is 96.7 Å². The quantitative estimate of drug-likeness (QED) is 0.0169. The number of phosphoric acid groups is 2. The molecule has 17 nitrogen and oxygen atoms in total. The lowest BCUT2D eigenvalue weighted by atomic mass is 10.1. The maximum Gasteiger partial charge on any atom is 0.472 e. The second kappa shape index (κ2) is 70.9. The van der Waals surface area contributed by atoms with E-state index in [0.717, 1.165) is 154 Å². The zero-order valence-electron chi connectivity index (χ0n) is 61.2. The van der Waals surface area contributed by atoms with Gasteiger partial charge in [0.1, 0.15) is 19.3 Å². The van der Waals surface area contributed by atoms with Crippen LogP contribution in [0.25, 0.3) is 0 Å². The molecule has 5 atom stereocenters. The summed E-state index contributed by atoms with van der Waals surface area (Å²) in [4.78, 5) is 72.7. The van der Waals surface area contributed by atoms with Crippen LogP contribution in [0.4, 0.5) is 0 Å². The zero-order valence-corrected chi connectivity index (χ0v) is 63.0. The SMILES string of the molecule is CC/C=C\C/C=C\C/C=C\C/C=C\C/C=C\CC(=O)OC(COC(=O)CCCCCCCC/C=C\C/C=C\C/C=C\C/C=C\CC)COP(=O)(O)OCC(O)COP(=O)(O)OCC(COC(=O)CCCCCCC/C=C\CCCCCC)OC(=O)CCCCCCCCCCCCC. The summed E-state index contributed by atoms with van der Waals surface area (Å²) >= 11 is 0. The molecule has 0 aromatic carbocycles. The van der Waals surface area contributed by atoms with Crippen molar-refractivity contribution < 1.29 is 80.2 Å². The number of aliphatic hydroxyl groups is 1. The number of unbranched alkanes of at least 4 members (excludes halogenated alkanes) is 25. The fourth-order valence-corrected chi connectivity index (χ4v) is 11.3. The van der Waals surface area contributed by atoms with E-state index in [2.05, 4.69) is 125 Å². The van der Waals surface area contributed by atoms with Crippen LogP contribution in [0.1, 0.15) is 297 Å². The Bertz CT molecular complexity index is 2340. The van der Waals surface area contributed by atoms with E-state index < -0.39 is 97.5 Å². The van der Waals surface area contributed by atoms with Gasteiger partial charge < -0.3 is 33.8 Å². The number of rotatable bonds is 70. The molecule has 0 amide bonds. The predicted molar refractivity (Wildman–Crippen MR) is 399 cm³/mol. The molecule has 0 heterocycles. The Hall–Kier alpha value is -4.54. The zero-order chi connectivity index (χ0) is 71.8. The lowest BCUT2D eigenvalue weighted by Gasteiger charge is -2.21. The minimum atomic E-state index is -5.00. The number of ether oxygens (including phenoxy) is 4. The molecule has 98 heavy (non-hydrogen) atoms. The van der Waals surface area contributed by atoms with E-state index in [1.165, 1.54) is 64.2 Å². The van der Waals surface area contributed by atoms with E-state index in [0.29, 0.717) is 25.7 Å². The van der Waals surface area contributed by atoms with Crippen LogP contribution >= 0.6 is 15.6 Å². The molecule has 0 saturated heterocycles. The number of aliphatic hydroxyl groups excluding tert-OH is 1. The third kappa shape index (κ3) is 69.9. The fraction of sp³-hybridized carbons (Fsp3) is 0.696. The molecule has 3 N–H and O–H groups in total. The minimum absolute atomic E-state index is 0.0923. The number of hydrogen-bond donors (Lipinski definition) is 3. The van der Waals surface area contributed by atoms with E-state index in [-0.39, 0.29) is 25.7 Å². The molecule has 0 rings (SSSR count). The molecule has 0 aromatic heterocycles. The highest BCUT2D eigenvalue weighted by atomic mass is 31.2. The summed E-state index contributed by atoms with van der Waals surface area (Å²) in [7, 11) is -9.98. The van der Waals surface area contributed by atoms with Gasteiger partial charge in [-0.05, 0) is 116 Å². The van der Waals surface area contributed by atoms with Crippen LogP contribution in [0.3, 0.4) is 0 Å². The highest BCUT2D eigenvalue weighted by Crippen LogP contribution is 2.45. The van der Waals surface area contributed by atoms with Crippen LogP contribution in [0, 0.1) is 0 Å². The Morgan fingerprint density at radius 1 is 0.306 bits per heavy atom. The van der Waals surface area contributed by atoms with Gasteiger partial charge in [0, 0.05) is 19.3 Å². The average Bonchev–Trinajstić information content (AvgIpc) is 1.06. The van der Waals surface area contributed by atoms with E-state index in [9.17, 15) is 43.2 Å². The van der Waals surface area contributed by atoms with Crippen LogP contribution in [0.2, 0.25) is 0 Å². The number of hydrogen-bond acceptors (Lipinski definition) is 15. The lowest BCUT2D eigenvalue weighted by molar-refractivity contribution is -0.161. The van der Waals surface area contributed by atoms with Crippen molar-refractivity contribution in [2.24, 2.45) is 0 Å². The third-order valence-corrected chi connectivity index (χ3v) is 17.4. The summed E-state index contributed by atoms with van der Waals surface area (Å²) in [5, 5.41) is 10.6. The van der Waals surface area contributed by atoms with Crippen LogP contribution in [0.5, 0.6) is 0 Å². The van der Waals surface area contributed by atoms with Gasteiger partial charge in [0.2, 0.25) is 0 Å². The van der Waals surface area contributed by atoms with Crippen molar-refractivity contribution in [3.05, 3.63) is 122 Å². The Labute approximate surface area is 593 Å². The van der Waals surface area contributed by atoms with Gasteiger partial charge in [-0.3, -0.25) is 37.3 Å². The smallest absolute Gasteiger partial charge is 0.462 e. The van der Waals surface area contributed by atoms with Gasteiger partial charge in [0.05, 0.1) is 32.8 Å². The molecule has 562 valence electrons. The van der Waals surface area contributed by atoms with Gasteiger partial charge >= 0.3 is 39.5 Å². The van der Waals surface area contributed by atoms with Crippen molar-refractivity contribution in [1.82, 2.24) is 0 Å². The minimum Gasteiger partial charge on any atom is -0.462 e. The van der Waals surface area contributed by atoms with Gasteiger partial charge in [0.25, 0.3) is 0 Å². The molecule has 0 radical (unpaired) electrons. The molecule has 0 spiro atoms. The third-order valence-electron chi connectivity index (χ3n) is 15.5. The first-order valence-corrected chi connectivity index (χ1v) is 40.8. The van der Waals surface area contributed by atoms with Crippen molar-refractivity contribution in [3.63, 3.8) is 0 Å².